The number of hydrogen-bond donors (Lipinski definition) is 3. The molecule has 0 bridgehead atoms. The van der Waals surface area contributed by atoms with Crippen molar-refractivity contribution in [2.45, 2.75) is 26.8 Å². The van der Waals surface area contributed by atoms with Crippen LogP contribution in [-0.2, 0) is 14.1 Å². The van der Waals surface area contributed by atoms with Gasteiger partial charge in [0.1, 0.15) is 11.4 Å². The molecule has 0 aliphatic rings. The number of amides is 1. The molecule has 10 heteroatoms. The molecule has 1 aromatic heterocycles. The highest BCUT2D eigenvalue weighted by atomic mass is 16.3. The fourth-order valence-electron chi connectivity index (χ4n) is 2.79. The monoisotopic (exact) mass is 428 g/mol. The predicted octanol–water partition coefficient (Wildman–Crippen LogP) is 1.56. The fraction of sp³-hybridized carbons (Fsp3) is 0.429. The molecule has 0 aliphatic heterocycles. The molecule has 0 aliphatic carbocycles. The number of hydrogen-bond acceptors (Lipinski definition) is 7. The molecule has 0 spiro atoms. The first-order chi connectivity index (χ1) is 14.4. The molecule has 1 amide bonds. The fourth-order valence-corrected chi connectivity index (χ4v) is 2.79. The second-order valence-corrected chi connectivity index (χ2v) is 7.94. The molecule has 31 heavy (non-hydrogen) atoms. The minimum atomic E-state index is -0.525. The van der Waals surface area contributed by atoms with E-state index in [0.29, 0.717) is 0 Å². The largest absolute Gasteiger partial charge is 0.505 e. The lowest BCUT2D eigenvalue weighted by Gasteiger charge is -2.22. The van der Waals surface area contributed by atoms with Crippen molar-refractivity contribution in [1.82, 2.24) is 14.3 Å². The minimum absolute atomic E-state index is 0.0325. The van der Waals surface area contributed by atoms with E-state index in [9.17, 15) is 24.8 Å². The first kappa shape index (κ1) is 23.5. The van der Waals surface area contributed by atoms with Gasteiger partial charge in [-0.25, -0.2) is 9.36 Å². The van der Waals surface area contributed by atoms with Gasteiger partial charge < -0.3 is 20.6 Å². The van der Waals surface area contributed by atoms with E-state index in [1.807, 2.05) is 26.8 Å². The Kier molecular flexibility index (Phi) is 6.80. The molecule has 1 heterocycles. The van der Waals surface area contributed by atoms with Gasteiger partial charge in [0.25, 0.3) is 17.0 Å². The number of phenols is 1. The molecular formula is C21H28N6O4. The van der Waals surface area contributed by atoms with E-state index < -0.39 is 22.8 Å². The van der Waals surface area contributed by atoms with Crippen molar-refractivity contribution >= 4 is 23.0 Å². The summed E-state index contributed by atoms with van der Waals surface area (Å²) in [7, 11) is 5.94. The summed E-state index contributed by atoms with van der Waals surface area (Å²) in [6, 6.07) is 4.38. The SMILES string of the molecule is CC(C)C(C)Nc1c(Nc2cc(C#N)cc(C(=O)N(C)C)c2O)c(=O)n(C)n(C)c1=O. The molecule has 1 unspecified atom stereocenters. The van der Waals surface area contributed by atoms with Crippen molar-refractivity contribution < 1.29 is 9.90 Å². The van der Waals surface area contributed by atoms with E-state index in [0.717, 1.165) is 4.68 Å². The number of carbonyl (C=O) groups excluding carboxylic acids is 1. The maximum absolute atomic E-state index is 13.0. The van der Waals surface area contributed by atoms with E-state index in [4.69, 9.17) is 0 Å². The molecule has 0 fully saturated rings. The minimum Gasteiger partial charge on any atom is -0.505 e. The Labute approximate surface area is 180 Å². The average molecular weight is 428 g/mol. The number of aromatic hydroxyl groups is 1. The maximum atomic E-state index is 13.0. The van der Waals surface area contributed by atoms with Gasteiger partial charge in [-0.15, -0.1) is 0 Å². The number of nitrogens with one attached hydrogen (secondary N) is 2. The third-order valence-electron chi connectivity index (χ3n) is 5.22. The maximum Gasteiger partial charge on any atom is 0.290 e. The second kappa shape index (κ2) is 8.95. The number of phenolic OH excluding ortho intramolecular Hbond substituents is 1. The van der Waals surface area contributed by atoms with Gasteiger partial charge in [-0.05, 0) is 25.0 Å². The van der Waals surface area contributed by atoms with Crippen LogP contribution in [0.3, 0.4) is 0 Å². The van der Waals surface area contributed by atoms with Crippen LogP contribution in [-0.4, -0.2) is 45.4 Å². The second-order valence-electron chi connectivity index (χ2n) is 7.94. The Morgan fingerprint density at radius 2 is 1.65 bits per heavy atom. The van der Waals surface area contributed by atoms with Crippen molar-refractivity contribution in [3.05, 3.63) is 44.0 Å². The first-order valence-electron chi connectivity index (χ1n) is 9.73. The predicted molar refractivity (Wildman–Crippen MR) is 119 cm³/mol. The van der Waals surface area contributed by atoms with E-state index in [2.05, 4.69) is 10.6 Å². The van der Waals surface area contributed by atoms with Gasteiger partial charge in [0.2, 0.25) is 0 Å². The van der Waals surface area contributed by atoms with Gasteiger partial charge in [0.15, 0.2) is 5.75 Å². The van der Waals surface area contributed by atoms with Crippen LogP contribution in [0.5, 0.6) is 5.75 Å². The highest BCUT2D eigenvalue weighted by Crippen LogP contribution is 2.33. The zero-order chi connectivity index (χ0) is 23.6. The number of nitriles is 1. The lowest BCUT2D eigenvalue weighted by molar-refractivity contribution is 0.0824. The Hall–Kier alpha value is -3.74. The van der Waals surface area contributed by atoms with Crippen LogP contribution in [0.25, 0.3) is 0 Å². The van der Waals surface area contributed by atoms with Crippen LogP contribution in [0.1, 0.15) is 36.7 Å². The van der Waals surface area contributed by atoms with Crippen LogP contribution < -0.4 is 21.8 Å². The smallest absolute Gasteiger partial charge is 0.290 e. The molecule has 0 saturated heterocycles. The van der Waals surface area contributed by atoms with Crippen molar-refractivity contribution in [1.29, 1.82) is 5.26 Å². The summed E-state index contributed by atoms with van der Waals surface area (Å²) in [6.45, 7) is 5.82. The molecular weight excluding hydrogens is 400 g/mol. The zero-order valence-electron chi connectivity index (χ0n) is 18.8. The van der Waals surface area contributed by atoms with Crippen molar-refractivity contribution in [3.63, 3.8) is 0 Å². The normalized spacial score (nSPS) is 11.7. The van der Waals surface area contributed by atoms with Gasteiger partial charge in [-0.1, -0.05) is 13.8 Å². The molecule has 2 rings (SSSR count). The number of anilines is 3. The summed E-state index contributed by atoms with van der Waals surface area (Å²) in [5, 5.41) is 25.9. The van der Waals surface area contributed by atoms with Gasteiger partial charge >= 0.3 is 0 Å². The van der Waals surface area contributed by atoms with E-state index in [1.165, 1.54) is 49.9 Å². The van der Waals surface area contributed by atoms with Gasteiger partial charge in [-0.2, -0.15) is 5.26 Å². The van der Waals surface area contributed by atoms with Gasteiger partial charge in [0.05, 0.1) is 22.9 Å². The molecule has 0 saturated carbocycles. The Morgan fingerprint density at radius 3 is 2.13 bits per heavy atom. The van der Waals surface area contributed by atoms with Crippen LogP contribution in [0, 0.1) is 17.2 Å². The Balaban J connectivity index is 2.75. The molecule has 166 valence electrons. The number of benzene rings is 1. The van der Waals surface area contributed by atoms with E-state index >= 15 is 0 Å². The summed E-state index contributed by atoms with van der Waals surface area (Å²) in [6.07, 6.45) is 0. The van der Waals surface area contributed by atoms with Crippen LogP contribution in [0.2, 0.25) is 0 Å². The molecule has 1 aromatic carbocycles. The summed E-state index contributed by atoms with van der Waals surface area (Å²) in [4.78, 5) is 39.6. The zero-order valence-corrected chi connectivity index (χ0v) is 18.8. The standard InChI is InChI=1S/C21H28N6O4/c1-11(2)12(3)23-16-17(21(31)27(7)26(6)20(16)30)24-15-9-13(10-22)8-14(18(15)28)19(29)25(4)5/h8-9,11-12,23-24,28H,1-7H3. The van der Waals surface area contributed by atoms with Gasteiger partial charge in [0, 0.05) is 34.2 Å². The number of aromatic nitrogens is 2. The Bertz CT molecular complexity index is 1170. The number of carbonyl (C=O) groups is 1. The lowest BCUT2D eigenvalue weighted by atomic mass is 10.1. The quantitative estimate of drug-likeness (QED) is 0.595. The van der Waals surface area contributed by atoms with Crippen LogP contribution in [0.15, 0.2) is 21.7 Å². The molecule has 2 aromatic rings. The first-order valence-corrected chi connectivity index (χ1v) is 9.73. The van der Waals surface area contributed by atoms with Gasteiger partial charge in [-0.3, -0.25) is 14.4 Å². The van der Waals surface area contributed by atoms with Crippen molar-refractivity contribution in [3.8, 4) is 11.8 Å². The molecule has 0 radical (unpaired) electrons. The number of nitrogens with zero attached hydrogens (tertiary/aromatic N) is 4. The highest BCUT2D eigenvalue weighted by molar-refractivity contribution is 5.99. The lowest BCUT2D eigenvalue weighted by Crippen LogP contribution is -2.39. The summed E-state index contributed by atoms with van der Waals surface area (Å²) in [5.41, 5.74) is -1.05. The third kappa shape index (κ3) is 4.55. The van der Waals surface area contributed by atoms with E-state index in [1.54, 1.807) is 0 Å². The van der Waals surface area contributed by atoms with Crippen molar-refractivity contribution in [2.24, 2.45) is 20.0 Å². The topological polar surface area (TPSA) is 132 Å². The summed E-state index contributed by atoms with van der Waals surface area (Å²) >= 11 is 0. The molecule has 1 atom stereocenters. The van der Waals surface area contributed by atoms with Crippen molar-refractivity contribution in [2.75, 3.05) is 24.7 Å². The van der Waals surface area contributed by atoms with Crippen LogP contribution in [0.4, 0.5) is 17.1 Å². The average Bonchev–Trinajstić information content (AvgIpc) is 2.73. The molecule has 3 N–H and O–H groups in total. The number of rotatable bonds is 6. The summed E-state index contributed by atoms with van der Waals surface area (Å²) in [5.74, 6) is -0.772. The Morgan fingerprint density at radius 1 is 1.10 bits per heavy atom. The molecule has 10 nitrogen and oxygen atoms in total. The summed E-state index contributed by atoms with van der Waals surface area (Å²) < 4.78 is 2.31. The van der Waals surface area contributed by atoms with E-state index in [-0.39, 0.29) is 40.1 Å². The highest BCUT2D eigenvalue weighted by Gasteiger charge is 2.23. The third-order valence-corrected chi connectivity index (χ3v) is 5.22. The van der Waals surface area contributed by atoms with Crippen LogP contribution >= 0.6 is 0 Å².